The van der Waals surface area contributed by atoms with E-state index in [0.717, 1.165) is 11.3 Å². The van der Waals surface area contributed by atoms with Crippen molar-refractivity contribution in [3.05, 3.63) is 77.3 Å². The largest absolute Gasteiger partial charge is 0.489 e. The summed E-state index contributed by atoms with van der Waals surface area (Å²) in [6.07, 6.45) is 0. The molecular formula is C21H19ClN2O3. The molecule has 0 aliphatic heterocycles. The van der Waals surface area contributed by atoms with Gasteiger partial charge in [0.05, 0.1) is 16.4 Å². The maximum atomic E-state index is 11.3. The summed E-state index contributed by atoms with van der Waals surface area (Å²) in [4.78, 5) is 11.3. The Balaban J connectivity index is 1.68. The SMILES string of the molecule is CC(=O)Nc1cc(Oc2ccc(OCc3ccccc3)cc2)c(N)cc1Cl. The molecule has 0 aliphatic rings. The summed E-state index contributed by atoms with van der Waals surface area (Å²) in [7, 11) is 0. The lowest BCUT2D eigenvalue weighted by Gasteiger charge is -2.13. The van der Waals surface area contributed by atoms with E-state index in [1.165, 1.54) is 6.92 Å². The first-order valence-electron chi connectivity index (χ1n) is 8.32. The Morgan fingerprint density at radius 3 is 2.37 bits per heavy atom. The number of benzene rings is 3. The van der Waals surface area contributed by atoms with E-state index in [1.54, 1.807) is 24.3 Å². The Labute approximate surface area is 162 Å². The zero-order chi connectivity index (χ0) is 19.2. The number of nitrogen functional groups attached to an aromatic ring is 1. The third kappa shape index (κ3) is 5.15. The second kappa shape index (κ2) is 8.47. The predicted octanol–water partition coefficient (Wildman–Crippen LogP) is 5.25. The highest BCUT2D eigenvalue weighted by Gasteiger charge is 2.10. The normalized spacial score (nSPS) is 10.3. The highest BCUT2D eigenvalue weighted by Crippen LogP contribution is 2.35. The van der Waals surface area contributed by atoms with Crippen molar-refractivity contribution in [1.82, 2.24) is 0 Å². The van der Waals surface area contributed by atoms with Gasteiger partial charge < -0.3 is 20.5 Å². The van der Waals surface area contributed by atoms with Crippen LogP contribution in [0.4, 0.5) is 11.4 Å². The molecule has 0 fully saturated rings. The Morgan fingerprint density at radius 1 is 1.04 bits per heavy atom. The molecule has 6 heteroatoms. The highest BCUT2D eigenvalue weighted by molar-refractivity contribution is 6.34. The second-order valence-electron chi connectivity index (χ2n) is 5.90. The molecule has 0 atom stereocenters. The third-order valence-electron chi connectivity index (χ3n) is 3.71. The van der Waals surface area contributed by atoms with Gasteiger partial charge in [0.2, 0.25) is 5.91 Å². The number of hydrogen-bond acceptors (Lipinski definition) is 4. The lowest BCUT2D eigenvalue weighted by molar-refractivity contribution is -0.114. The van der Waals surface area contributed by atoms with Gasteiger partial charge in [-0.25, -0.2) is 0 Å². The molecule has 27 heavy (non-hydrogen) atoms. The molecule has 3 rings (SSSR count). The number of halogens is 1. The second-order valence-corrected chi connectivity index (χ2v) is 6.31. The Hall–Kier alpha value is -3.18. The molecule has 0 unspecified atom stereocenters. The summed E-state index contributed by atoms with van der Waals surface area (Å²) in [5.74, 6) is 1.49. The topological polar surface area (TPSA) is 73.6 Å². The van der Waals surface area contributed by atoms with Crippen LogP contribution in [0.1, 0.15) is 12.5 Å². The van der Waals surface area contributed by atoms with E-state index in [4.69, 9.17) is 26.8 Å². The molecule has 0 radical (unpaired) electrons. The van der Waals surface area contributed by atoms with Crippen LogP contribution in [-0.2, 0) is 11.4 Å². The number of ether oxygens (including phenoxy) is 2. The van der Waals surface area contributed by atoms with E-state index in [9.17, 15) is 4.79 Å². The van der Waals surface area contributed by atoms with Crippen LogP contribution in [0.5, 0.6) is 17.2 Å². The minimum atomic E-state index is -0.229. The number of carbonyl (C=O) groups excluding carboxylic acids is 1. The molecule has 0 heterocycles. The first kappa shape index (κ1) is 18.6. The van der Waals surface area contributed by atoms with Gasteiger partial charge in [0.25, 0.3) is 0 Å². The number of carbonyl (C=O) groups is 1. The van der Waals surface area contributed by atoms with Crippen molar-refractivity contribution >= 4 is 28.9 Å². The fourth-order valence-corrected chi connectivity index (χ4v) is 2.63. The van der Waals surface area contributed by atoms with Gasteiger partial charge in [0, 0.05) is 13.0 Å². The molecule has 0 spiro atoms. The molecule has 0 saturated carbocycles. The maximum absolute atomic E-state index is 11.3. The fraction of sp³-hybridized carbons (Fsp3) is 0.0952. The van der Waals surface area contributed by atoms with Gasteiger partial charge in [-0.15, -0.1) is 0 Å². The minimum absolute atomic E-state index is 0.229. The number of nitrogens with one attached hydrogen (secondary N) is 1. The maximum Gasteiger partial charge on any atom is 0.221 e. The first-order chi connectivity index (χ1) is 13.0. The summed E-state index contributed by atoms with van der Waals surface area (Å²) < 4.78 is 11.6. The van der Waals surface area contributed by atoms with Crippen LogP contribution in [-0.4, -0.2) is 5.91 Å². The number of hydrogen-bond donors (Lipinski definition) is 2. The summed E-state index contributed by atoms with van der Waals surface area (Å²) in [5, 5.41) is 2.99. The van der Waals surface area contributed by atoms with Gasteiger partial charge >= 0.3 is 0 Å². The van der Waals surface area contributed by atoms with Crippen molar-refractivity contribution in [3.63, 3.8) is 0 Å². The van der Waals surface area contributed by atoms with Crippen LogP contribution in [0.15, 0.2) is 66.7 Å². The Kier molecular flexibility index (Phi) is 5.84. The Bertz CT molecular complexity index is 928. The molecule has 0 aliphatic carbocycles. The molecular weight excluding hydrogens is 364 g/mol. The molecule has 3 aromatic rings. The summed E-state index contributed by atoms with van der Waals surface area (Å²) in [6.45, 7) is 1.90. The number of nitrogens with two attached hydrogens (primary N) is 1. The fourth-order valence-electron chi connectivity index (χ4n) is 2.41. The average Bonchev–Trinajstić information content (AvgIpc) is 2.65. The Morgan fingerprint density at radius 2 is 1.70 bits per heavy atom. The van der Waals surface area contributed by atoms with E-state index in [2.05, 4.69) is 5.32 Å². The van der Waals surface area contributed by atoms with Crippen molar-refractivity contribution in [2.45, 2.75) is 13.5 Å². The van der Waals surface area contributed by atoms with Crippen LogP contribution in [0.3, 0.4) is 0 Å². The van der Waals surface area contributed by atoms with Crippen LogP contribution >= 0.6 is 11.6 Å². The molecule has 0 saturated heterocycles. The van der Waals surface area contributed by atoms with E-state index in [-0.39, 0.29) is 5.91 Å². The summed E-state index contributed by atoms with van der Waals surface area (Å²) >= 11 is 6.09. The minimum Gasteiger partial charge on any atom is -0.489 e. The molecule has 0 bridgehead atoms. The molecule has 3 N–H and O–H groups in total. The van der Waals surface area contributed by atoms with Gasteiger partial charge in [-0.3, -0.25) is 4.79 Å². The third-order valence-corrected chi connectivity index (χ3v) is 4.02. The molecule has 5 nitrogen and oxygen atoms in total. The number of anilines is 2. The van der Waals surface area contributed by atoms with Gasteiger partial charge in [-0.1, -0.05) is 41.9 Å². The average molecular weight is 383 g/mol. The van der Waals surface area contributed by atoms with E-state index >= 15 is 0 Å². The lowest BCUT2D eigenvalue weighted by atomic mass is 10.2. The van der Waals surface area contributed by atoms with Gasteiger partial charge in [-0.05, 0) is 35.9 Å². The van der Waals surface area contributed by atoms with E-state index in [0.29, 0.717) is 34.5 Å². The highest BCUT2D eigenvalue weighted by atomic mass is 35.5. The molecule has 3 aromatic carbocycles. The summed E-state index contributed by atoms with van der Waals surface area (Å²) in [5.41, 5.74) is 7.87. The smallest absolute Gasteiger partial charge is 0.221 e. The number of rotatable bonds is 6. The zero-order valence-corrected chi connectivity index (χ0v) is 15.5. The molecule has 1 amide bonds. The van der Waals surface area contributed by atoms with E-state index < -0.39 is 0 Å². The summed E-state index contributed by atoms with van der Waals surface area (Å²) in [6, 6.07) is 20.3. The van der Waals surface area contributed by atoms with Crippen molar-refractivity contribution in [2.75, 3.05) is 11.1 Å². The van der Waals surface area contributed by atoms with Crippen molar-refractivity contribution in [2.24, 2.45) is 0 Å². The predicted molar refractivity (Wildman–Crippen MR) is 107 cm³/mol. The van der Waals surface area contributed by atoms with Crippen LogP contribution in [0.2, 0.25) is 5.02 Å². The molecule has 138 valence electrons. The van der Waals surface area contributed by atoms with Crippen LogP contribution < -0.4 is 20.5 Å². The van der Waals surface area contributed by atoms with Crippen LogP contribution in [0.25, 0.3) is 0 Å². The molecule has 0 aromatic heterocycles. The van der Waals surface area contributed by atoms with Gasteiger partial charge in [0.15, 0.2) is 5.75 Å². The van der Waals surface area contributed by atoms with Crippen molar-refractivity contribution < 1.29 is 14.3 Å². The van der Waals surface area contributed by atoms with Crippen LogP contribution in [0, 0.1) is 0 Å². The van der Waals surface area contributed by atoms with Gasteiger partial charge in [-0.2, -0.15) is 0 Å². The number of amides is 1. The zero-order valence-electron chi connectivity index (χ0n) is 14.7. The van der Waals surface area contributed by atoms with E-state index in [1.807, 2.05) is 42.5 Å². The standard InChI is InChI=1S/C21H19ClN2O3/c1-14(25)24-20-12-21(19(23)11-18(20)22)27-17-9-7-16(8-10-17)26-13-15-5-3-2-4-6-15/h2-12H,13,23H2,1H3,(H,24,25). The first-order valence-corrected chi connectivity index (χ1v) is 8.70. The monoisotopic (exact) mass is 382 g/mol. The quantitative estimate of drug-likeness (QED) is 0.571. The van der Waals surface area contributed by atoms with Crippen molar-refractivity contribution in [1.29, 1.82) is 0 Å². The lowest BCUT2D eigenvalue weighted by Crippen LogP contribution is -2.07. The van der Waals surface area contributed by atoms with Gasteiger partial charge in [0.1, 0.15) is 18.1 Å². The van der Waals surface area contributed by atoms with Crippen molar-refractivity contribution in [3.8, 4) is 17.2 Å².